The normalized spacial score (nSPS) is 20.0. The van der Waals surface area contributed by atoms with Crippen molar-refractivity contribution in [3.8, 4) is 0 Å². The molecule has 2 rings (SSSR count). The number of carbonyl (C=O) groups excluding carboxylic acids is 3. The molecule has 1 aliphatic rings. The van der Waals surface area contributed by atoms with Gasteiger partial charge in [0.1, 0.15) is 11.6 Å². The highest BCUT2D eigenvalue weighted by atomic mass is 16.6. The smallest absolute Gasteiger partial charge is 0.252 e. The third-order valence-corrected chi connectivity index (χ3v) is 5.08. The van der Waals surface area contributed by atoms with Gasteiger partial charge >= 0.3 is 0 Å². The number of epoxide rings is 1. The molecule has 3 atom stereocenters. The van der Waals surface area contributed by atoms with Gasteiger partial charge in [0.25, 0.3) is 5.91 Å². The molecular weight excluding hydrogens is 384 g/mol. The summed E-state index contributed by atoms with van der Waals surface area (Å²) in [5.41, 5.74) is 0.595. The van der Waals surface area contributed by atoms with Gasteiger partial charge in [-0.15, -0.1) is 0 Å². The molecule has 1 heterocycles. The molecule has 1 fully saturated rings. The summed E-state index contributed by atoms with van der Waals surface area (Å²) in [4.78, 5) is 38.0. The topological polar surface area (TPSA) is 108 Å². The Bertz CT molecular complexity index is 771. The highest BCUT2D eigenvalue weighted by Gasteiger charge is 2.50. The highest BCUT2D eigenvalue weighted by Crippen LogP contribution is 2.29. The van der Waals surface area contributed by atoms with Crippen LogP contribution in [0.2, 0.25) is 0 Å². The first-order valence-electron chi connectivity index (χ1n) is 10.5. The molecule has 7 nitrogen and oxygen atoms in total. The Labute approximate surface area is 178 Å². The molecule has 0 saturated carbocycles. The monoisotopic (exact) mass is 418 g/mol. The first kappa shape index (κ1) is 24.0. The van der Waals surface area contributed by atoms with Gasteiger partial charge in [-0.2, -0.15) is 0 Å². The van der Waals surface area contributed by atoms with Crippen molar-refractivity contribution in [2.24, 2.45) is 11.8 Å². The fourth-order valence-corrected chi connectivity index (χ4v) is 3.34. The SMILES string of the molecule is CC(C)Cc1cccc(C(=O)N[C@@H](CO)C(=O)NC(CC(C)C)C(=O)[C@@]2(C)CO2)c1. The van der Waals surface area contributed by atoms with Crippen LogP contribution < -0.4 is 10.6 Å². The summed E-state index contributed by atoms with van der Waals surface area (Å²) in [6, 6.07) is 5.33. The largest absolute Gasteiger partial charge is 0.394 e. The van der Waals surface area contributed by atoms with Crippen LogP contribution in [0, 0.1) is 11.8 Å². The Morgan fingerprint density at radius 3 is 2.30 bits per heavy atom. The summed E-state index contributed by atoms with van der Waals surface area (Å²) in [6.45, 7) is 9.57. The predicted molar refractivity (Wildman–Crippen MR) is 114 cm³/mol. The van der Waals surface area contributed by atoms with Gasteiger partial charge in [0.2, 0.25) is 5.91 Å². The van der Waals surface area contributed by atoms with Gasteiger partial charge < -0.3 is 20.5 Å². The number of hydrogen-bond donors (Lipinski definition) is 3. The molecule has 0 spiro atoms. The van der Waals surface area contributed by atoms with Gasteiger partial charge in [0, 0.05) is 5.56 Å². The Morgan fingerprint density at radius 2 is 1.77 bits per heavy atom. The number of rotatable bonds is 11. The van der Waals surface area contributed by atoms with Crippen molar-refractivity contribution >= 4 is 17.6 Å². The number of hydrogen-bond acceptors (Lipinski definition) is 5. The van der Waals surface area contributed by atoms with Gasteiger partial charge in [-0.1, -0.05) is 39.8 Å². The number of aliphatic hydroxyl groups is 1. The molecule has 1 aromatic carbocycles. The van der Waals surface area contributed by atoms with Crippen LogP contribution >= 0.6 is 0 Å². The van der Waals surface area contributed by atoms with E-state index in [0.717, 1.165) is 12.0 Å². The van der Waals surface area contributed by atoms with E-state index >= 15 is 0 Å². The molecule has 1 aromatic rings. The van der Waals surface area contributed by atoms with Gasteiger partial charge in [0.05, 0.1) is 19.3 Å². The maximum atomic E-state index is 12.7. The number of aliphatic hydroxyl groups excluding tert-OH is 1. The summed E-state index contributed by atoms with van der Waals surface area (Å²) >= 11 is 0. The van der Waals surface area contributed by atoms with Crippen LogP contribution in [-0.4, -0.2) is 53.6 Å². The van der Waals surface area contributed by atoms with E-state index in [-0.39, 0.29) is 11.7 Å². The number of ether oxygens (including phenoxy) is 1. The number of nitrogens with one attached hydrogen (secondary N) is 2. The Kier molecular flexibility index (Phi) is 8.15. The van der Waals surface area contributed by atoms with Crippen LogP contribution in [0.1, 0.15) is 57.0 Å². The summed E-state index contributed by atoms with van der Waals surface area (Å²) in [5, 5.41) is 15.0. The zero-order valence-corrected chi connectivity index (χ0v) is 18.5. The van der Waals surface area contributed by atoms with Crippen molar-refractivity contribution in [1.29, 1.82) is 0 Å². The molecule has 0 bridgehead atoms. The van der Waals surface area contributed by atoms with E-state index in [1.165, 1.54) is 0 Å². The molecule has 0 radical (unpaired) electrons. The minimum Gasteiger partial charge on any atom is -0.394 e. The molecule has 0 aliphatic carbocycles. The van der Waals surface area contributed by atoms with Gasteiger partial charge in [0.15, 0.2) is 5.78 Å². The first-order chi connectivity index (χ1) is 14.1. The average Bonchev–Trinajstić information content (AvgIpc) is 3.42. The molecule has 2 amide bonds. The Hall–Kier alpha value is -2.25. The Morgan fingerprint density at radius 1 is 1.10 bits per heavy atom. The molecule has 3 N–H and O–H groups in total. The fraction of sp³-hybridized carbons (Fsp3) is 0.609. The van der Waals surface area contributed by atoms with Crippen LogP contribution in [0.15, 0.2) is 24.3 Å². The van der Waals surface area contributed by atoms with Crippen LogP contribution in [0.4, 0.5) is 0 Å². The van der Waals surface area contributed by atoms with Crippen molar-refractivity contribution in [2.45, 2.75) is 65.1 Å². The fourth-order valence-electron chi connectivity index (χ4n) is 3.34. The molecule has 30 heavy (non-hydrogen) atoms. The lowest BCUT2D eigenvalue weighted by Crippen LogP contribution is -2.55. The summed E-state index contributed by atoms with van der Waals surface area (Å²) in [6.07, 6.45) is 1.29. The van der Waals surface area contributed by atoms with E-state index in [9.17, 15) is 19.5 Å². The van der Waals surface area contributed by atoms with E-state index in [4.69, 9.17) is 4.74 Å². The minimum atomic E-state index is -1.15. The summed E-state index contributed by atoms with van der Waals surface area (Å²) in [7, 11) is 0. The van der Waals surface area contributed by atoms with Crippen LogP contribution in [0.25, 0.3) is 0 Å². The molecule has 0 aromatic heterocycles. The van der Waals surface area contributed by atoms with E-state index in [1.54, 1.807) is 25.1 Å². The number of Topliss-reactive ketones (excluding diaryl/α,β-unsaturated/α-hetero) is 1. The zero-order valence-electron chi connectivity index (χ0n) is 18.5. The van der Waals surface area contributed by atoms with Crippen molar-refractivity contribution in [1.82, 2.24) is 10.6 Å². The van der Waals surface area contributed by atoms with Crippen LogP contribution in [0.3, 0.4) is 0 Å². The molecular formula is C23H34N2O5. The molecule has 1 unspecified atom stereocenters. The maximum absolute atomic E-state index is 12.7. The van der Waals surface area contributed by atoms with Crippen LogP contribution in [0.5, 0.6) is 0 Å². The Balaban J connectivity index is 2.05. The van der Waals surface area contributed by atoms with Gasteiger partial charge in [-0.25, -0.2) is 0 Å². The average molecular weight is 419 g/mol. The van der Waals surface area contributed by atoms with E-state index in [1.807, 2.05) is 19.9 Å². The third kappa shape index (κ3) is 6.64. The third-order valence-electron chi connectivity index (χ3n) is 5.08. The van der Waals surface area contributed by atoms with Crippen molar-refractivity contribution in [3.05, 3.63) is 35.4 Å². The van der Waals surface area contributed by atoms with E-state index in [0.29, 0.717) is 24.5 Å². The number of amides is 2. The summed E-state index contributed by atoms with van der Waals surface area (Å²) < 4.78 is 5.23. The van der Waals surface area contributed by atoms with Crippen LogP contribution in [-0.2, 0) is 20.7 Å². The number of benzene rings is 1. The lowest BCUT2D eigenvalue weighted by atomic mass is 9.93. The summed E-state index contributed by atoms with van der Waals surface area (Å²) in [5.74, 6) is -0.597. The molecule has 7 heteroatoms. The second-order valence-corrected chi connectivity index (χ2v) is 9.08. The lowest BCUT2D eigenvalue weighted by molar-refractivity contribution is -0.132. The lowest BCUT2D eigenvalue weighted by Gasteiger charge is -2.24. The number of carbonyl (C=O) groups is 3. The quantitative estimate of drug-likeness (QED) is 0.476. The highest BCUT2D eigenvalue weighted by molar-refractivity contribution is 6.00. The number of ketones is 1. The van der Waals surface area contributed by atoms with E-state index < -0.39 is 36.1 Å². The first-order valence-corrected chi connectivity index (χ1v) is 10.5. The van der Waals surface area contributed by atoms with Gasteiger partial charge in [-0.05, 0) is 49.3 Å². The predicted octanol–water partition coefficient (Wildman–Crippen LogP) is 1.86. The van der Waals surface area contributed by atoms with Crippen molar-refractivity contribution in [2.75, 3.05) is 13.2 Å². The standard InChI is InChI=1S/C23H34N2O5/c1-14(2)9-16-7-6-8-17(11-16)21(28)25-19(12-26)22(29)24-18(10-15(3)4)20(27)23(5)13-30-23/h6-8,11,14-15,18-19,26H,9-10,12-13H2,1-5H3,(H,24,29)(H,25,28)/t18?,19-,23+/m0/s1. The molecule has 1 saturated heterocycles. The van der Waals surface area contributed by atoms with Crippen molar-refractivity contribution in [3.63, 3.8) is 0 Å². The zero-order chi connectivity index (χ0) is 22.5. The molecule has 1 aliphatic heterocycles. The second-order valence-electron chi connectivity index (χ2n) is 9.08. The van der Waals surface area contributed by atoms with E-state index in [2.05, 4.69) is 24.5 Å². The maximum Gasteiger partial charge on any atom is 0.252 e. The molecule has 166 valence electrons. The van der Waals surface area contributed by atoms with Gasteiger partial charge in [-0.3, -0.25) is 14.4 Å². The van der Waals surface area contributed by atoms with Crippen molar-refractivity contribution < 1.29 is 24.2 Å². The second kappa shape index (κ2) is 10.2. The minimum absolute atomic E-state index is 0.174.